The number of aromatic amines is 1. The van der Waals surface area contributed by atoms with E-state index in [-0.39, 0.29) is 11.6 Å². The predicted octanol–water partition coefficient (Wildman–Crippen LogP) is 3.14. The molecule has 3 heteroatoms. The highest BCUT2D eigenvalue weighted by molar-refractivity contribution is 5.85. The number of hydrogen-bond donors (Lipinski definition) is 1. The number of H-pyrrole nitrogens is 1. The van der Waals surface area contributed by atoms with Crippen LogP contribution in [0.1, 0.15) is 24.6 Å². The Morgan fingerprint density at radius 2 is 2.19 bits per heavy atom. The summed E-state index contributed by atoms with van der Waals surface area (Å²) in [7, 11) is 0. The summed E-state index contributed by atoms with van der Waals surface area (Å²) in [4.78, 5) is 14.1. The minimum Gasteiger partial charge on any atom is -0.358 e. The summed E-state index contributed by atoms with van der Waals surface area (Å²) in [5, 5.41) is 1.01. The van der Waals surface area contributed by atoms with Crippen molar-refractivity contribution in [1.82, 2.24) is 4.98 Å². The number of benzene rings is 1. The van der Waals surface area contributed by atoms with Gasteiger partial charge in [-0.1, -0.05) is 0 Å². The average molecular weight is 219 g/mol. The van der Waals surface area contributed by atoms with Gasteiger partial charge in [0.1, 0.15) is 11.6 Å². The van der Waals surface area contributed by atoms with Gasteiger partial charge in [0, 0.05) is 23.0 Å². The summed E-state index contributed by atoms with van der Waals surface area (Å²) >= 11 is 0. The van der Waals surface area contributed by atoms with Gasteiger partial charge in [0.25, 0.3) is 0 Å². The van der Waals surface area contributed by atoms with Crippen LogP contribution in [-0.2, 0) is 11.2 Å². The van der Waals surface area contributed by atoms with Crippen molar-refractivity contribution in [3.05, 3.63) is 35.3 Å². The third-order valence-electron chi connectivity index (χ3n) is 2.81. The fraction of sp³-hybridized carbons (Fsp3) is 0.308. The van der Waals surface area contributed by atoms with Crippen LogP contribution >= 0.6 is 0 Å². The summed E-state index contributed by atoms with van der Waals surface area (Å²) in [6, 6.07) is 4.70. The van der Waals surface area contributed by atoms with E-state index in [0.29, 0.717) is 12.8 Å². The van der Waals surface area contributed by atoms with Crippen molar-refractivity contribution in [2.45, 2.75) is 26.7 Å². The maximum Gasteiger partial charge on any atom is 0.130 e. The molecule has 1 aromatic heterocycles. The van der Waals surface area contributed by atoms with E-state index >= 15 is 0 Å². The van der Waals surface area contributed by atoms with E-state index < -0.39 is 0 Å². The van der Waals surface area contributed by atoms with E-state index in [9.17, 15) is 9.18 Å². The molecule has 0 amide bonds. The Bertz CT molecular complexity index is 542. The lowest BCUT2D eigenvalue weighted by Gasteiger charge is -1.99. The molecule has 0 atom stereocenters. The lowest BCUT2D eigenvalue weighted by molar-refractivity contribution is -0.116. The molecule has 0 radical (unpaired) electrons. The molecule has 0 saturated heterocycles. The zero-order chi connectivity index (χ0) is 11.7. The molecule has 16 heavy (non-hydrogen) atoms. The number of ketones is 1. The van der Waals surface area contributed by atoms with Crippen LogP contribution in [0.5, 0.6) is 0 Å². The van der Waals surface area contributed by atoms with Gasteiger partial charge in [-0.25, -0.2) is 4.39 Å². The summed E-state index contributed by atoms with van der Waals surface area (Å²) in [5.41, 5.74) is 2.93. The van der Waals surface area contributed by atoms with Gasteiger partial charge in [0.05, 0.1) is 0 Å². The van der Waals surface area contributed by atoms with Crippen molar-refractivity contribution in [3.63, 3.8) is 0 Å². The van der Waals surface area contributed by atoms with Crippen LogP contribution in [0, 0.1) is 12.7 Å². The van der Waals surface area contributed by atoms with Crippen molar-refractivity contribution < 1.29 is 9.18 Å². The van der Waals surface area contributed by atoms with Crippen LogP contribution in [0.15, 0.2) is 18.2 Å². The zero-order valence-electron chi connectivity index (χ0n) is 9.43. The minimum atomic E-state index is -0.244. The summed E-state index contributed by atoms with van der Waals surface area (Å²) < 4.78 is 13.0. The standard InChI is InChI=1S/C13H14FNO/c1-8(16)3-5-11-9(2)15-13-7-10(14)4-6-12(11)13/h4,6-7,15H,3,5H2,1-2H3. The van der Waals surface area contributed by atoms with Crippen molar-refractivity contribution in [3.8, 4) is 0 Å². The largest absolute Gasteiger partial charge is 0.358 e. The molecule has 2 rings (SSSR count). The van der Waals surface area contributed by atoms with E-state index in [0.717, 1.165) is 22.2 Å². The number of hydrogen-bond acceptors (Lipinski definition) is 1. The second-order valence-corrected chi connectivity index (χ2v) is 4.12. The molecule has 1 aromatic carbocycles. The molecule has 2 aromatic rings. The molecule has 0 unspecified atom stereocenters. The normalized spacial score (nSPS) is 10.9. The highest BCUT2D eigenvalue weighted by atomic mass is 19.1. The topological polar surface area (TPSA) is 32.9 Å². The average Bonchev–Trinajstić information content (AvgIpc) is 2.50. The molecule has 0 bridgehead atoms. The Balaban J connectivity index is 2.43. The molecule has 0 aliphatic rings. The van der Waals surface area contributed by atoms with E-state index in [1.54, 1.807) is 13.0 Å². The van der Waals surface area contributed by atoms with Crippen LogP contribution in [0.4, 0.5) is 4.39 Å². The molecule has 84 valence electrons. The molecule has 0 aliphatic heterocycles. The maximum absolute atomic E-state index is 13.0. The van der Waals surface area contributed by atoms with E-state index in [4.69, 9.17) is 0 Å². The van der Waals surface area contributed by atoms with Gasteiger partial charge in [-0.3, -0.25) is 0 Å². The van der Waals surface area contributed by atoms with Crippen LogP contribution in [0.3, 0.4) is 0 Å². The predicted molar refractivity (Wildman–Crippen MR) is 62.0 cm³/mol. The van der Waals surface area contributed by atoms with Gasteiger partial charge >= 0.3 is 0 Å². The van der Waals surface area contributed by atoms with Crippen molar-refractivity contribution in [2.24, 2.45) is 0 Å². The van der Waals surface area contributed by atoms with Crippen LogP contribution in [0.25, 0.3) is 10.9 Å². The highest BCUT2D eigenvalue weighted by Crippen LogP contribution is 2.24. The van der Waals surface area contributed by atoms with Crippen LogP contribution < -0.4 is 0 Å². The summed E-state index contributed by atoms with van der Waals surface area (Å²) in [6.45, 7) is 3.54. The van der Waals surface area contributed by atoms with Gasteiger partial charge in [0.2, 0.25) is 0 Å². The van der Waals surface area contributed by atoms with Gasteiger partial charge in [-0.05, 0) is 44.0 Å². The second-order valence-electron chi connectivity index (χ2n) is 4.12. The van der Waals surface area contributed by atoms with Gasteiger partial charge in [-0.15, -0.1) is 0 Å². The quantitative estimate of drug-likeness (QED) is 0.845. The number of carbonyl (C=O) groups excluding carboxylic acids is 1. The monoisotopic (exact) mass is 219 g/mol. The third-order valence-corrected chi connectivity index (χ3v) is 2.81. The minimum absolute atomic E-state index is 0.177. The van der Waals surface area contributed by atoms with E-state index in [1.165, 1.54) is 12.1 Å². The molecule has 0 spiro atoms. The lowest BCUT2D eigenvalue weighted by atomic mass is 10.0. The Morgan fingerprint density at radius 1 is 1.44 bits per heavy atom. The third kappa shape index (κ3) is 1.98. The Labute approximate surface area is 93.5 Å². The number of carbonyl (C=O) groups is 1. The van der Waals surface area contributed by atoms with Gasteiger partial charge in [0.15, 0.2) is 0 Å². The van der Waals surface area contributed by atoms with E-state index in [2.05, 4.69) is 4.98 Å². The number of rotatable bonds is 3. The SMILES string of the molecule is CC(=O)CCc1c(C)[nH]c2cc(F)ccc12. The number of fused-ring (bicyclic) bond motifs is 1. The summed E-state index contributed by atoms with van der Waals surface area (Å²) in [5.74, 6) is -0.0669. The molecule has 0 saturated carbocycles. The molecular weight excluding hydrogens is 205 g/mol. The fourth-order valence-electron chi connectivity index (χ4n) is 1.99. The first-order chi connectivity index (χ1) is 7.58. The molecular formula is C13H14FNO. The van der Waals surface area contributed by atoms with Crippen LogP contribution in [0.2, 0.25) is 0 Å². The molecule has 0 fully saturated rings. The Hall–Kier alpha value is -1.64. The molecule has 1 N–H and O–H groups in total. The van der Waals surface area contributed by atoms with Gasteiger partial charge in [-0.2, -0.15) is 0 Å². The fourth-order valence-corrected chi connectivity index (χ4v) is 1.99. The van der Waals surface area contributed by atoms with Crippen molar-refractivity contribution >= 4 is 16.7 Å². The van der Waals surface area contributed by atoms with Gasteiger partial charge < -0.3 is 9.78 Å². The Kier molecular flexibility index (Phi) is 2.77. The van der Waals surface area contributed by atoms with Crippen molar-refractivity contribution in [1.29, 1.82) is 0 Å². The van der Waals surface area contributed by atoms with Crippen LogP contribution in [-0.4, -0.2) is 10.8 Å². The van der Waals surface area contributed by atoms with Crippen molar-refractivity contribution in [2.75, 3.05) is 0 Å². The summed E-state index contributed by atoms with van der Waals surface area (Å²) in [6.07, 6.45) is 1.25. The first-order valence-corrected chi connectivity index (χ1v) is 5.34. The zero-order valence-corrected chi connectivity index (χ0v) is 9.43. The number of aromatic nitrogens is 1. The highest BCUT2D eigenvalue weighted by Gasteiger charge is 2.09. The number of Topliss-reactive ketones (excluding diaryl/α,β-unsaturated/α-hetero) is 1. The second kappa shape index (κ2) is 4.08. The Morgan fingerprint density at radius 3 is 2.88 bits per heavy atom. The molecule has 2 nitrogen and oxygen atoms in total. The molecule has 1 heterocycles. The number of halogens is 1. The number of aryl methyl sites for hydroxylation is 2. The lowest BCUT2D eigenvalue weighted by Crippen LogP contribution is -1.94. The first-order valence-electron chi connectivity index (χ1n) is 5.34. The first kappa shape index (κ1) is 10.9. The van der Waals surface area contributed by atoms with E-state index in [1.807, 2.05) is 6.92 Å². The number of nitrogens with one attached hydrogen (secondary N) is 1. The molecule has 0 aliphatic carbocycles. The smallest absolute Gasteiger partial charge is 0.130 e. The maximum atomic E-state index is 13.0.